The lowest BCUT2D eigenvalue weighted by Crippen LogP contribution is -2.38. The van der Waals surface area contributed by atoms with E-state index < -0.39 is 17.3 Å². The van der Waals surface area contributed by atoms with Crippen molar-refractivity contribution in [1.29, 1.82) is 0 Å². The number of carbonyl (C=O) groups is 2. The molecule has 1 aromatic carbocycles. The third-order valence-electron chi connectivity index (χ3n) is 2.35. The number of amides is 1. The van der Waals surface area contributed by atoms with Gasteiger partial charge in [-0.25, -0.2) is 0 Å². The van der Waals surface area contributed by atoms with E-state index in [2.05, 4.69) is 53.1 Å². The summed E-state index contributed by atoms with van der Waals surface area (Å²) in [5, 5.41) is 11.6. The highest BCUT2D eigenvalue weighted by Gasteiger charge is 2.36. The van der Waals surface area contributed by atoms with Crippen LogP contribution in [0, 0.1) is 5.41 Å². The van der Waals surface area contributed by atoms with Gasteiger partial charge >= 0.3 is 5.97 Å². The summed E-state index contributed by atoms with van der Waals surface area (Å²) in [6, 6.07) is 3.52. The number of nitrogens with one attached hydrogen (secondary N) is 1. The molecular formula is C11H10Br3NO3. The molecule has 2 N–H and O–H groups in total. The Balaban J connectivity index is 3.07. The maximum absolute atomic E-state index is 11.9. The van der Waals surface area contributed by atoms with E-state index >= 15 is 0 Å². The molecule has 0 aliphatic rings. The van der Waals surface area contributed by atoms with Crippen molar-refractivity contribution in [3.63, 3.8) is 0 Å². The van der Waals surface area contributed by atoms with Gasteiger partial charge in [-0.15, -0.1) is 0 Å². The standard InChI is InChI=1S/C11H10Br3NO3/c1-11(2,10(17)18)9(16)15-8-6(13)3-5(12)4-7(8)14/h3-4H,1-2H3,(H,15,16)(H,17,18). The second-order valence-electron chi connectivity index (χ2n) is 4.13. The summed E-state index contributed by atoms with van der Waals surface area (Å²) in [6.45, 7) is 2.71. The fraction of sp³-hybridized carbons (Fsp3) is 0.273. The summed E-state index contributed by atoms with van der Waals surface area (Å²) >= 11 is 9.93. The van der Waals surface area contributed by atoms with Gasteiger partial charge in [0.2, 0.25) is 5.91 Å². The monoisotopic (exact) mass is 441 g/mol. The van der Waals surface area contributed by atoms with Crippen LogP contribution in [0.25, 0.3) is 0 Å². The van der Waals surface area contributed by atoms with E-state index in [0.29, 0.717) is 14.6 Å². The number of rotatable bonds is 3. The molecule has 0 aromatic heterocycles. The molecule has 0 saturated heterocycles. The van der Waals surface area contributed by atoms with Gasteiger partial charge in [0.1, 0.15) is 5.41 Å². The molecule has 4 nitrogen and oxygen atoms in total. The summed E-state index contributed by atoms with van der Waals surface area (Å²) in [7, 11) is 0. The number of carbonyl (C=O) groups excluding carboxylic acids is 1. The lowest BCUT2D eigenvalue weighted by atomic mass is 9.92. The summed E-state index contributed by atoms with van der Waals surface area (Å²) < 4.78 is 2.13. The first kappa shape index (κ1) is 15.7. The average molecular weight is 444 g/mol. The highest BCUT2D eigenvalue weighted by molar-refractivity contribution is 9.11. The number of carboxylic acid groups (broad SMARTS) is 1. The molecule has 1 amide bonds. The Morgan fingerprint density at radius 1 is 1.17 bits per heavy atom. The zero-order valence-corrected chi connectivity index (χ0v) is 14.3. The number of aliphatic carboxylic acids is 1. The van der Waals surface area contributed by atoms with Crippen molar-refractivity contribution in [2.24, 2.45) is 5.41 Å². The van der Waals surface area contributed by atoms with Crippen molar-refractivity contribution in [3.8, 4) is 0 Å². The maximum atomic E-state index is 11.9. The van der Waals surface area contributed by atoms with Crippen molar-refractivity contribution in [1.82, 2.24) is 0 Å². The highest BCUT2D eigenvalue weighted by atomic mass is 79.9. The van der Waals surface area contributed by atoms with Crippen LogP contribution in [0.15, 0.2) is 25.6 Å². The molecule has 1 aromatic rings. The number of anilines is 1. The average Bonchev–Trinajstić information content (AvgIpc) is 2.22. The molecule has 7 heteroatoms. The number of hydrogen-bond donors (Lipinski definition) is 2. The van der Waals surface area contributed by atoms with Crippen LogP contribution in [-0.4, -0.2) is 17.0 Å². The summed E-state index contributed by atoms with van der Waals surface area (Å²) in [5.41, 5.74) is -0.996. The number of halogens is 3. The van der Waals surface area contributed by atoms with Gasteiger partial charge in [-0.3, -0.25) is 9.59 Å². The summed E-state index contributed by atoms with van der Waals surface area (Å²) in [5.74, 6) is -1.76. The van der Waals surface area contributed by atoms with Gasteiger partial charge in [0.25, 0.3) is 0 Å². The highest BCUT2D eigenvalue weighted by Crippen LogP contribution is 2.35. The Labute approximate surface area is 130 Å². The number of carboxylic acids is 1. The second-order valence-corrected chi connectivity index (χ2v) is 6.75. The fourth-order valence-electron chi connectivity index (χ4n) is 1.03. The molecule has 0 atom stereocenters. The lowest BCUT2D eigenvalue weighted by molar-refractivity contribution is -0.151. The maximum Gasteiger partial charge on any atom is 0.318 e. The third kappa shape index (κ3) is 3.33. The van der Waals surface area contributed by atoms with Crippen LogP contribution in [-0.2, 0) is 9.59 Å². The Hall–Kier alpha value is -0.400. The summed E-state index contributed by atoms with van der Waals surface area (Å²) in [4.78, 5) is 22.9. The Kier molecular flexibility index (Phi) is 4.97. The van der Waals surface area contributed by atoms with E-state index in [1.807, 2.05) is 0 Å². The molecular weight excluding hydrogens is 434 g/mol. The molecule has 0 aliphatic carbocycles. The first-order valence-corrected chi connectivity index (χ1v) is 7.23. The molecule has 18 heavy (non-hydrogen) atoms. The second kappa shape index (κ2) is 5.71. The van der Waals surface area contributed by atoms with Gasteiger partial charge in [0.15, 0.2) is 0 Å². The van der Waals surface area contributed by atoms with Crippen LogP contribution in [0.1, 0.15) is 13.8 Å². The van der Waals surface area contributed by atoms with E-state index in [9.17, 15) is 9.59 Å². The van der Waals surface area contributed by atoms with Crippen LogP contribution >= 0.6 is 47.8 Å². The van der Waals surface area contributed by atoms with E-state index in [1.54, 1.807) is 12.1 Å². The van der Waals surface area contributed by atoms with Crippen molar-refractivity contribution < 1.29 is 14.7 Å². The third-order valence-corrected chi connectivity index (χ3v) is 4.06. The molecule has 0 bridgehead atoms. The fourth-order valence-corrected chi connectivity index (χ4v) is 3.49. The lowest BCUT2D eigenvalue weighted by Gasteiger charge is -2.19. The van der Waals surface area contributed by atoms with Gasteiger partial charge in [-0.1, -0.05) is 15.9 Å². The summed E-state index contributed by atoms with van der Waals surface area (Å²) in [6.07, 6.45) is 0. The number of benzene rings is 1. The minimum Gasteiger partial charge on any atom is -0.480 e. The van der Waals surface area contributed by atoms with E-state index in [0.717, 1.165) is 4.47 Å². The molecule has 0 unspecified atom stereocenters. The molecule has 0 heterocycles. The van der Waals surface area contributed by atoms with Gasteiger partial charge in [0.05, 0.1) is 5.69 Å². The SMILES string of the molecule is CC(C)(C(=O)O)C(=O)Nc1c(Br)cc(Br)cc1Br. The largest absolute Gasteiger partial charge is 0.480 e. The Morgan fingerprint density at radius 2 is 1.61 bits per heavy atom. The smallest absolute Gasteiger partial charge is 0.318 e. The predicted octanol–water partition coefficient (Wildman–Crippen LogP) is 4.02. The van der Waals surface area contributed by atoms with Crippen molar-refractivity contribution in [2.75, 3.05) is 5.32 Å². The van der Waals surface area contributed by atoms with Gasteiger partial charge < -0.3 is 10.4 Å². The molecule has 1 rings (SSSR count). The minimum atomic E-state index is -1.49. The van der Waals surface area contributed by atoms with Gasteiger partial charge in [0, 0.05) is 13.4 Å². The van der Waals surface area contributed by atoms with Crippen molar-refractivity contribution in [3.05, 3.63) is 25.6 Å². The molecule has 0 saturated carbocycles. The number of hydrogen-bond acceptors (Lipinski definition) is 2. The van der Waals surface area contributed by atoms with E-state index in [1.165, 1.54) is 13.8 Å². The van der Waals surface area contributed by atoms with Crippen LogP contribution in [0.3, 0.4) is 0 Å². The van der Waals surface area contributed by atoms with Gasteiger partial charge in [-0.05, 0) is 57.8 Å². The van der Waals surface area contributed by atoms with Crippen molar-refractivity contribution in [2.45, 2.75) is 13.8 Å². The molecule has 98 valence electrons. The van der Waals surface area contributed by atoms with E-state index in [4.69, 9.17) is 5.11 Å². The van der Waals surface area contributed by atoms with Crippen LogP contribution in [0.2, 0.25) is 0 Å². The quantitative estimate of drug-likeness (QED) is 0.693. The normalized spacial score (nSPS) is 11.2. The first-order valence-electron chi connectivity index (χ1n) is 4.85. The first-order chi connectivity index (χ1) is 8.16. The Morgan fingerprint density at radius 3 is 2.00 bits per heavy atom. The topological polar surface area (TPSA) is 66.4 Å². The molecule has 0 radical (unpaired) electrons. The molecule has 0 aliphatic heterocycles. The van der Waals surface area contributed by atoms with Crippen LogP contribution in [0.5, 0.6) is 0 Å². The molecule has 0 spiro atoms. The van der Waals surface area contributed by atoms with Crippen LogP contribution in [0.4, 0.5) is 5.69 Å². The van der Waals surface area contributed by atoms with E-state index in [-0.39, 0.29) is 0 Å². The van der Waals surface area contributed by atoms with Crippen LogP contribution < -0.4 is 5.32 Å². The zero-order chi connectivity index (χ0) is 14.1. The zero-order valence-electron chi connectivity index (χ0n) is 9.55. The van der Waals surface area contributed by atoms with Gasteiger partial charge in [-0.2, -0.15) is 0 Å². The van der Waals surface area contributed by atoms with Crippen molar-refractivity contribution >= 4 is 65.4 Å². The Bertz CT molecular complexity index is 491. The predicted molar refractivity (Wildman–Crippen MR) is 79.6 cm³/mol. The minimum absolute atomic E-state index is 0.498. The molecule has 0 fully saturated rings.